The van der Waals surface area contributed by atoms with Crippen LogP contribution >= 0.6 is 11.6 Å². The van der Waals surface area contributed by atoms with Gasteiger partial charge in [-0.15, -0.1) is 0 Å². The van der Waals surface area contributed by atoms with Gasteiger partial charge in [-0.25, -0.2) is 13.4 Å². The molecule has 0 aliphatic carbocycles. The van der Waals surface area contributed by atoms with Gasteiger partial charge in [-0.2, -0.15) is 4.31 Å². The molecule has 0 N–H and O–H groups in total. The second kappa shape index (κ2) is 7.25. The quantitative estimate of drug-likeness (QED) is 0.743. The van der Waals surface area contributed by atoms with Crippen LogP contribution in [0.4, 0.5) is 0 Å². The first kappa shape index (κ1) is 17.7. The Morgan fingerprint density at radius 2 is 1.87 bits per heavy atom. The summed E-state index contributed by atoms with van der Waals surface area (Å²) in [6, 6.07) is 5.97. The lowest BCUT2D eigenvalue weighted by molar-refractivity contribution is 0.444. The van der Waals surface area contributed by atoms with Crippen molar-refractivity contribution in [2.45, 2.75) is 25.3 Å². The zero-order valence-corrected chi connectivity index (χ0v) is 14.5. The maximum absolute atomic E-state index is 12.5. The van der Waals surface area contributed by atoms with Crippen LogP contribution in [0.25, 0.3) is 0 Å². The van der Waals surface area contributed by atoms with Gasteiger partial charge in [0.15, 0.2) is 0 Å². The summed E-state index contributed by atoms with van der Waals surface area (Å²) in [6.45, 7) is 4.52. The predicted octanol–water partition coefficient (Wildman–Crippen LogP) is 1.98. The van der Waals surface area contributed by atoms with Crippen LogP contribution in [0.5, 0.6) is 0 Å². The van der Waals surface area contributed by atoms with Crippen LogP contribution in [0.3, 0.4) is 0 Å². The Bertz CT molecular complexity index is 828. The number of rotatable bonds is 6. The topological polar surface area (TPSA) is 72.3 Å². The van der Waals surface area contributed by atoms with Crippen LogP contribution in [0.2, 0.25) is 5.15 Å². The molecule has 0 atom stereocenters. The lowest BCUT2D eigenvalue weighted by Gasteiger charge is -2.19. The fourth-order valence-electron chi connectivity index (χ4n) is 2.19. The lowest BCUT2D eigenvalue weighted by atomic mass is 10.3. The van der Waals surface area contributed by atoms with Crippen molar-refractivity contribution in [1.29, 1.82) is 0 Å². The van der Waals surface area contributed by atoms with E-state index < -0.39 is 10.0 Å². The number of aromatic nitrogens is 2. The van der Waals surface area contributed by atoms with Crippen molar-refractivity contribution in [2.75, 3.05) is 13.1 Å². The molecule has 2 heterocycles. The molecule has 0 saturated carbocycles. The molecule has 0 amide bonds. The summed E-state index contributed by atoms with van der Waals surface area (Å²) in [7, 11) is -3.60. The molecular weight excluding hydrogens is 338 g/mol. The van der Waals surface area contributed by atoms with Gasteiger partial charge in [0.1, 0.15) is 5.15 Å². The highest BCUT2D eigenvalue weighted by Gasteiger charge is 2.22. The zero-order chi connectivity index (χ0) is 17.0. The number of hydrogen-bond acceptors (Lipinski definition) is 4. The number of nitrogens with zero attached hydrogens (tertiary/aromatic N) is 3. The molecule has 124 valence electrons. The summed E-state index contributed by atoms with van der Waals surface area (Å²) in [5.74, 6) is 0. The summed E-state index contributed by atoms with van der Waals surface area (Å²) in [5, 5.41) is 0.360. The van der Waals surface area contributed by atoms with Crippen molar-refractivity contribution in [1.82, 2.24) is 13.9 Å². The second-order valence-electron chi connectivity index (χ2n) is 4.91. The number of sulfonamides is 1. The standard InChI is InChI=1S/C15H18ClN3O3S/c1-3-19(4-2)23(21,22)13-6-8-15(20)18(11-13)10-12-5-7-14(16)17-9-12/h5-9,11H,3-4,10H2,1-2H3. The van der Waals surface area contributed by atoms with E-state index in [-0.39, 0.29) is 17.0 Å². The molecule has 0 aromatic carbocycles. The van der Waals surface area contributed by atoms with E-state index in [0.29, 0.717) is 18.2 Å². The first-order chi connectivity index (χ1) is 10.9. The largest absolute Gasteiger partial charge is 0.310 e. The monoisotopic (exact) mass is 355 g/mol. The minimum absolute atomic E-state index is 0.0997. The average molecular weight is 356 g/mol. The van der Waals surface area contributed by atoms with Gasteiger partial charge in [-0.05, 0) is 17.7 Å². The van der Waals surface area contributed by atoms with Crippen LogP contribution in [-0.4, -0.2) is 35.4 Å². The highest BCUT2D eigenvalue weighted by Crippen LogP contribution is 2.14. The highest BCUT2D eigenvalue weighted by molar-refractivity contribution is 7.89. The van der Waals surface area contributed by atoms with Crippen molar-refractivity contribution in [2.24, 2.45) is 0 Å². The predicted molar refractivity (Wildman–Crippen MR) is 89.2 cm³/mol. The van der Waals surface area contributed by atoms with Crippen LogP contribution in [0, 0.1) is 0 Å². The smallest absolute Gasteiger partial charge is 0.250 e. The Balaban J connectivity index is 2.39. The summed E-state index contributed by atoms with van der Waals surface area (Å²) in [6.07, 6.45) is 2.92. The van der Waals surface area contributed by atoms with Gasteiger partial charge in [-0.3, -0.25) is 4.79 Å². The highest BCUT2D eigenvalue weighted by atomic mass is 35.5. The second-order valence-corrected chi connectivity index (χ2v) is 7.23. The van der Waals surface area contributed by atoms with Crippen molar-refractivity contribution < 1.29 is 8.42 Å². The Kier molecular flexibility index (Phi) is 5.56. The van der Waals surface area contributed by atoms with E-state index in [1.54, 1.807) is 32.2 Å². The molecule has 0 aliphatic heterocycles. The molecule has 0 bridgehead atoms. The van der Waals surface area contributed by atoms with Crippen molar-refractivity contribution in [3.8, 4) is 0 Å². The summed E-state index contributed by atoms with van der Waals surface area (Å²) < 4.78 is 27.8. The summed E-state index contributed by atoms with van der Waals surface area (Å²) in [5.41, 5.74) is 0.479. The SMILES string of the molecule is CCN(CC)S(=O)(=O)c1ccc(=O)n(Cc2ccc(Cl)nc2)c1. The molecule has 0 saturated heterocycles. The molecule has 2 aromatic rings. The molecule has 8 heteroatoms. The Hall–Kier alpha value is -1.70. The maximum atomic E-state index is 12.5. The van der Waals surface area contributed by atoms with E-state index in [0.717, 1.165) is 5.56 Å². The molecule has 23 heavy (non-hydrogen) atoms. The van der Waals surface area contributed by atoms with Gasteiger partial charge in [0.25, 0.3) is 5.56 Å². The first-order valence-corrected chi connectivity index (χ1v) is 9.01. The van der Waals surface area contributed by atoms with Gasteiger partial charge in [0.05, 0.1) is 11.4 Å². The van der Waals surface area contributed by atoms with Crippen LogP contribution in [0.1, 0.15) is 19.4 Å². The third-order valence-corrected chi connectivity index (χ3v) is 5.70. The minimum Gasteiger partial charge on any atom is -0.310 e. The van der Waals surface area contributed by atoms with Gasteiger partial charge >= 0.3 is 0 Å². The van der Waals surface area contributed by atoms with Gasteiger partial charge in [-0.1, -0.05) is 31.5 Å². The molecule has 0 fully saturated rings. The van der Waals surface area contributed by atoms with E-state index >= 15 is 0 Å². The van der Waals surface area contributed by atoms with E-state index in [2.05, 4.69) is 4.98 Å². The van der Waals surface area contributed by atoms with Crippen LogP contribution in [0.15, 0.2) is 46.3 Å². The lowest BCUT2D eigenvalue weighted by Crippen LogP contribution is -2.32. The van der Waals surface area contributed by atoms with Crippen molar-refractivity contribution in [3.63, 3.8) is 0 Å². The normalized spacial score (nSPS) is 11.8. The molecular formula is C15H18ClN3O3S. The van der Waals surface area contributed by atoms with E-state index in [1.807, 2.05) is 0 Å². The Morgan fingerprint density at radius 1 is 1.17 bits per heavy atom. The van der Waals surface area contributed by atoms with Crippen molar-refractivity contribution in [3.05, 3.63) is 57.7 Å². The number of halogens is 1. The van der Waals surface area contributed by atoms with E-state index in [4.69, 9.17) is 11.6 Å². The molecule has 0 aliphatic rings. The van der Waals surface area contributed by atoms with Crippen LogP contribution < -0.4 is 5.56 Å². The van der Waals surface area contributed by atoms with Crippen molar-refractivity contribution >= 4 is 21.6 Å². The molecule has 2 rings (SSSR count). The summed E-state index contributed by atoms with van der Waals surface area (Å²) in [4.78, 5) is 16.0. The maximum Gasteiger partial charge on any atom is 0.250 e. The molecule has 0 radical (unpaired) electrons. The Labute approximate surface area is 140 Å². The van der Waals surface area contributed by atoms with Crippen LogP contribution in [-0.2, 0) is 16.6 Å². The summed E-state index contributed by atoms with van der Waals surface area (Å²) >= 11 is 5.73. The third kappa shape index (κ3) is 3.99. The first-order valence-electron chi connectivity index (χ1n) is 7.19. The fraction of sp³-hybridized carbons (Fsp3) is 0.333. The van der Waals surface area contributed by atoms with E-state index in [9.17, 15) is 13.2 Å². The zero-order valence-electron chi connectivity index (χ0n) is 12.9. The number of pyridine rings is 2. The van der Waals surface area contributed by atoms with Gasteiger partial charge in [0.2, 0.25) is 10.0 Å². The van der Waals surface area contributed by atoms with E-state index in [1.165, 1.54) is 27.2 Å². The van der Waals surface area contributed by atoms with Gasteiger partial charge in [0, 0.05) is 31.5 Å². The third-order valence-electron chi connectivity index (χ3n) is 3.44. The fourth-order valence-corrected chi connectivity index (χ4v) is 3.79. The molecule has 6 nitrogen and oxygen atoms in total. The Morgan fingerprint density at radius 3 is 2.43 bits per heavy atom. The molecule has 2 aromatic heterocycles. The minimum atomic E-state index is -3.60. The number of hydrogen-bond donors (Lipinski definition) is 0. The average Bonchev–Trinajstić information content (AvgIpc) is 2.52. The van der Waals surface area contributed by atoms with Gasteiger partial charge < -0.3 is 4.57 Å². The molecule has 0 spiro atoms. The molecule has 0 unspecified atom stereocenters.